The van der Waals surface area contributed by atoms with Crippen molar-refractivity contribution in [1.82, 2.24) is 5.06 Å². The molecule has 0 rings (SSSR count). The first kappa shape index (κ1) is 12.2. The van der Waals surface area contributed by atoms with E-state index in [0.29, 0.717) is 5.06 Å². The molecule has 0 aromatic rings. The van der Waals surface area contributed by atoms with Crippen LogP contribution in [0.3, 0.4) is 0 Å². The predicted octanol–water partition coefficient (Wildman–Crippen LogP) is 0.994. The maximum Gasteiger partial charge on any atom is 0.434 e. The third-order valence-electron chi connectivity index (χ3n) is 1.04. The molecule has 1 unspecified atom stereocenters. The summed E-state index contributed by atoms with van der Waals surface area (Å²) in [6.45, 7) is 6.39. The zero-order valence-electron chi connectivity index (χ0n) is 8.44. The highest BCUT2D eigenvalue weighted by Crippen LogP contribution is 2.08. The lowest BCUT2D eigenvalue weighted by Crippen LogP contribution is -2.38. The van der Waals surface area contributed by atoms with Gasteiger partial charge in [-0.05, 0) is 27.7 Å². The van der Waals surface area contributed by atoms with Gasteiger partial charge in [-0.1, -0.05) is 0 Å². The van der Waals surface area contributed by atoms with Crippen molar-refractivity contribution in [3.05, 3.63) is 0 Å². The Hall–Kier alpha value is -0.810. The smallest absolute Gasteiger partial charge is 0.434 e. The predicted molar refractivity (Wildman–Crippen MR) is 46.4 cm³/mol. The Morgan fingerprint density at radius 1 is 1.54 bits per heavy atom. The average Bonchev–Trinajstić information content (AvgIpc) is 1.81. The number of ether oxygens (including phenoxy) is 1. The van der Waals surface area contributed by atoms with E-state index in [2.05, 4.69) is 0 Å². The van der Waals surface area contributed by atoms with E-state index < -0.39 is 17.8 Å². The molecule has 0 aromatic carbocycles. The quantitative estimate of drug-likeness (QED) is 0.504. The Morgan fingerprint density at radius 2 is 2.00 bits per heavy atom. The number of hydroxylamine groups is 2. The zero-order valence-corrected chi connectivity index (χ0v) is 8.44. The van der Waals surface area contributed by atoms with Gasteiger partial charge in [-0.3, -0.25) is 5.21 Å². The molecule has 0 fully saturated rings. The molecular formula is C8H17NO4. The Balaban J connectivity index is 3.97. The van der Waals surface area contributed by atoms with Crippen LogP contribution in [0, 0.1) is 0 Å². The van der Waals surface area contributed by atoms with E-state index in [1.807, 2.05) is 0 Å². The first-order valence-corrected chi connectivity index (χ1v) is 4.10. The highest BCUT2D eigenvalue weighted by molar-refractivity contribution is 5.66. The van der Waals surface area contributed by atoms with Crippen LogP contribution in [0.2, 0.25) is 0 Å². The summed E-state index contributed by atoms with van der Waals surface area (Å²) >= 11 is 0. The van der Waals surface area contributed by atoms with Crippen molar-refractivity contribution in [3.8, 4) is 0 Å². The number of rotatable bonds is 2. The largest absolute Gasteiger partial charge is 0.442 e. The first-order valence-electron chi connectivity index (χ1n) is 4.10. The van der Waals surface area contributed by atoms with Gasteiger partial charge in [0.15, 0.2) is 0 Å². The van der Waals surface area contributed by atoms with Crippen LogP contribution in [-0.4, -0.2) is 39.7 Å². The van der Waals surface area contributed by atoms with Gasteiger partial charge in [-0.2, -0.15) is 5.06 Å². The number of amides is 1. The van der Waals surface area contributed by atoms with Crippen molar-refractivity contribution in [2.24, 2.45) is 0 Å². The molecule has 0 aromatic heterocycles. The minimum Gasteiger partial charge on any atom is -0.442 e. The summed E-state index contributed by atoms with van der Waals surface area (Å²) in [5, 5.41) is 18.3. The minimum absolute atomic E-state index is 0.158. The Labute approximate surface area is 77.9 Å². The second kappa shape index (κ2) is 4.43. The molecule has 0 heterocycles. The van der Waals surface area contributed by atoms with Gasteiger partial charge in [-0.25, -0.2) is 4.79 Å². The molecule has 0 bridgehead atoms. The van der Waals surface area contributed by atoms with Crippen LogP contribution in [0.5, 0.6) is 0 Å². The third kappa shape index (κ3) is 6.36. The van der Waals surface area contributed by atoms with Crippen molar-refractivity contribution in [1.29, 1.82) is 0 Å². The van der Waals surface area contributed by atoms with E-state index in [4.69, 9.17) is 15.1 Å². The number of nitrogens with zero attached hydrogens (tertiary/aromatic N) is 1. The molecule has 0 saturated heterocycles. The molecule has 0 radical (unpaired) electrons. The fourth-order valence-electron chi connectivity index (χ4n) is 0.639. The minimum atomic E-state index is -0.853. The summed E-state index contributed by atoms with van der Waals surface area (Å²) in [5.41, 5.74) is -0.642. The van der Waals surface area contributed by atoms with E-state index in [9.17, 15) is 4.79 Å². The molecule has 0 spiro atoms. The van der Waals surface area contributed by atoms with Gasteiger partial charge in [0.05, 0.1) is 12.6 Å². The van der Waals surface area contributed by atoms with Crippen LogP contribution < -0.4 is 0 Å². The lowest BCUT2D eigenvalue weighted by atomic mass is 10.2. The van der Waals surface area contributed by atoms with Gasteiger partial charge < -0.3 is 9.84 Å². The van der Waals surface area contributed by atoms with Gasteiger partial charge in [0.2, 0.25) is 0 Å². The number of hydrogen-bond acceptors (Lipinski definition) is 4. The topological polar surface area (TPSA) is 70.0 Å². The van der Waals surface area contributed by atoms with E-state index in [1.54, 1.807) is 20.8 Å². The Kier molecular flexibility index (Phi) is 4.16. The molecule has 5 heteroatoms. The van der Waals surface area contributed by atoms with Crippen molar-refractivity contribution < 1.29 is 19.8 Å². The molecule has 0 aliphatic carbocycles. The third-order valence-corrected chi connectivity index (χ3v) is 1.04. The van der Waals surface area contributed by atoms with Crippen LogP contribution in [-0.2, 0) is 4.74 Å². The van der Waals surface area contributed by atoms with Crippen LogP contribution >= 0.6 is 0 Å². The second-order valence-electron chi connectivity index (χ2n) is 3.91. The Bertz CT molecular complexity index is 173. The fourth-order valence-corrected chi connectivity index (χ4v) is 0.639. The van der Waals surface area contributed by atoms with Crippen molar-refractivity contribution in [2.75, 3.05) is 6.54 Å². The monoisotopic (exact) mass is 191 g/mol. The molecule has 0 saturated carbocycles. The van der Waals surface area contributed by atoms with Gasteiger partial charge in [0.25, 0.3) is 0 Å². The average molecular weight is 191 g/mol. The lowest BCUT2D eigenvalue weighted by molar-refractivity contribution is -0.108. The molecule has 2 N–H and O–H groups in total. The fraction of sp³-hybridized carbons (Fsp3) is 0.875. The summed E-state index contributed by atoms with van der Waals surface area (Å²) in [6.07, 6.45) is -1.63. The maximum absolute atomic E-state index is 11.0. The summed E-state index contributed by atoms with van der Waals surface area (Å²) in [7, 11) is 0. The van der Waals surface area contributed by atoms with Crippen LogP contribution in [0.15, 0.2) is 0 Å². The molecule has 1 amide bonds. The second-order valence-corrected chi connectivity index (χ2v) is 3.91. The van der Waals surface area contributed by atoms with E-state index in [-0.39, 0.29) is 6.54 Å². The highest BCUT2D eigenvalue weighted by Gasteiger charge is 2.21. The van der Waals surface area contributed by atoms with E-state index in [0.717, 1.165) is 0 Å². The van der Waals surface area contributed by atoms with Gasteiger partial charge in [0, 0.05) is 0 Å². The van der Waals surface area contributed by atoms with Crippen LogP contribution in [0.25, 0.3) is 0 Å². The zero-order chi connectivity index (χ0) is 10.6. The molecule has 0 aliphatic rings. The van der Waals surface area contributed by atoms with Crippen molar-refractivity contribution in [3.63, 3.8) is 0 Å². The number of carbonyl (C=O) groups is 1. The van der Waals surface area contributed by atoms with Crippen molar-refractivity contribution >= 4 is 6.09 Å². The van der Waals surface area contributed by atoms with Gasteiger partial charge in [0.1, 0.15) is 5.60 Å². The standard InChI is InChI=1S/C8H17NO4/c1-6(10)5-9(12)7(11)13-8(2,3)4/h6,10,12H,5H2,1-4H3. The van der Waals surface area contributed by atoms with Gasteiger partial charge >= 0.3 is 6.09 Å². The number of carbonyl (C=O) groups excluding carboxylic acids is 1. The summed E-state index contributed by atoms with van der Waals surface area (Å²) < 4.78 is 4.83. The van der Waals surface area contributed by atoms with E-state index >= 15 is 0 Å². The normalized spacial score (nSPS) is 13.7. The summed E-state index contributed by atoms with van der Waals surface area (Å²) in [4.78, 5) is 11.0. The molecule has 1 atom stereocenters. The Morgan fingerprint density at radius 3 is 2.31 bits per heavy atom. The van der Waals surface area contributed by atoms with E-state index in [1.165, 1.54) is 6.92 Å². The molecule has 13 heavy (non-hydrogen) atoms. The first-order chi connectivity index (χ1) is 5.72. The van der Waals surface area contributed by atoms with Crippen molar-refractivity contribution in [2.45, 2.75) is 39.4 Å². The highest BCUT2D eigenvalue weighted by atomic mass is 16.6. The number of aliphatic hydroxyl groups excluding tert-OH is 1. The van der Waals surface area contributed by atoms with Gasteiger partial charge in [-0.15, -0.1) is 0 Å². The molecule has 0 aliphatic heterocycles. The maximum atomic E-state index is 11.0. The lowest BCUT2D eigenvalue weighted by Gasteiger charge is -2.23. The van der Waals surface area contributed by atoms with Crippen LogP contribution in [0.1, 0.15) is 27.7 Å². The molecule has 78 valence electrons. The SMILES string of the molecule is CC(O)CN(O)C(=O)OC(C)(C)C. The summed E-state index contributed by atoms with van der Waals surface area (Å²) in [6, 6.07) is 0. The molecular weight excluding hydrogens is 174 g/mol. The summed E-state index contributed by atoms with van der Waals surface area (Å²) in [5.74, 6) is 0. The molecule has 5 nitrogen and oxygen atoms in total. The van der Waals surface area contributed by atoms with Crippen LogP contribution in [0.4, 0.5) is 4.79 Å². The number of aliphatic hydroxyl groups is 1. The number of hydrogen-bond donors (Lipinski definition) is 2.